The molecule has 1 unspecified atom stereocenters. The Morgan fingerprint density at radius 3 is 2.89 bits per heavy atom. The fourth-order valence-corrected chi connectivity index (χ4v) is 2.53. The quantitative estimate of drug-likeness (QED) is 0.758. The third kappa shape index (κ3) is 5.60. The van der Waals surface area contributed by atoms with Crippen molar-refractivity contribution in [2.24, 2.45) is 5.92 Å². The summed E-state index contributed by atoms with van der Waals surface area (Å²) in [7, 11) is 0. The molecule has 0 aliphatic carbocycles. The van der Waals surface area contributed by atoms with Crippen molar-refractivity contribution in [3.8, 4) is 0 Å². The molecule has 4 nitrogen and oxygen atoms in total. The van der Waals surface area contributed by atoms with Gasteiger partial charge in [0.25, 0.3) is 0 Å². The van der Waals surface area contributed by atoms with Crippen LogP contribution in [0.3, 0.4) is 0 Å². The molecule has 0 radical (unpaired) electrons. The second-order valence-corrected chi connectivity index (χ2v) is 5.57. The highest BCUT2D eigenvalue weighted by Crippen LogP contribution is 2.10. The monoisotopic (exact) mass is 270 g/mol. The number of aliphatic hydroxyl groups excluding tert-OH is 1. The zero-order valence-corrected chi connectivity index (χ0v) is 11.9. The van der Waals surface area contributed by atoms with Crippen molar-refractivity contribution in [3.05, 3.63) is 16.1 Å². The molecule has 5 heteroatoms. The number of hydrogen-bond acceptors (Lipinski definition) is 4. The number of nitrogens with one attached hydrogen (secondary N) is 1. The average Bonchev–Trinajstić information content (AvgIpc) is 2.72. The Kier molecular flexibility index (Phi) is 6.90. The van der Waals surface area contributed by atoms with E-state index < -0.39 is 0 Å². The second-order valence-electron chi connectivity index (χ2n) is 4.51. The third-order valence-corrected chi connectivity index (χ3v) is 3.65. The van der Waals surface area contributed by atoms with E-state index in [2.05, 4.69) is 17.2 Å². The molecule has 0 spiro atoms. The van der Waals surface area contributed by atoms with Crippen LogP contribution in [-0.4, -0.2) is 29.1 Å². The fraction of sp³-hybridized carbons (Fsp3) is 0.692. The number of nitrogens with zero attached hydrogens (tertiary/aromatic N) is 1. The Labute approximate surface area is 112 Å². The van der Waals surface area contributed by atoms with E-state index >= 15 is 0 Å². The van der Waals surface area contributed by atoms with Crippen LogP contribution in [0.2, 0.25) is 0 Å². The summed E-state index contributed by atoms with van der Waals surface area (Å²) < 4.78 is 0. The van der Waals surface area contributed by atoms with Crippen LogP contribution >= 0.6 is 11.3 Å². The highest BCUT2D eigenvalue weighted by atomic mass is 32.1. The van der Waals surface area contributed by atoms with Crippen molar-refractivity contribution < 1.29 is 9.90 Å². The molecule has 0 fully saturated rings. The molecule has 2 N–H and O–H groups in total. The van der Waals surface area contributed by atoms with Gasteiger partial charge in [0.15, 0.2) is 0 Å². The van der Waals surface area contributed by atoms with Crippen LogP contribution in [-0.2, 0) is 11.2 Å². The summed E-state index contributed by atoms with van der Waals surface area (Å²) >= 11 is 1.56. The van der Waals surface area contributed by atoms with Gasteiger partial charge in [0.2, 0.25) is 5.91 Å². The van der Waals surface area contributed by atoms with Gasteiger partial charge in [-0.05, 0) is 25.7 Å². The van der Waals surface area contributed by atoms with Gasteiger partial charge in [-0.15, -0.1) is 11.3 Å². The molecule has 0 saturated carbocycles. The summed E-state index contributed by atoms with van der Waals surface area (Å²) in [5.41, 5.74) is 0.837. The van der Waals surface area contributed by atoms with Gasteiger partial charge in [-0.2, -0.15) is 0 Å². The SMILES string of the molecule is CCCC(CCO)CNC(=O)Cc1csc(C)n1. The number of aryl methyl sites for hydroxylation is 1. The predicted octanol–water partition coefficient (Wildman–Crippen LogP) is 1.91. The number of carbonyl (C=O) groups excluding carboxylic acids is 1. The van der Waals surface area contributed by atoms with E-state index in [-0.39, 0.29) is 12.5 Å². The van der Waals surface area contributed by atoms with E-state index in [4.69, 9.17) is 5.11 Å². The smallest absolute Gasteiger partial charge is 0.226 e. The third-order valence-electron chi connectivity index (χ3n) is 2.83. The second kappa shape index (κ2) is 8.21. The summed E-state index contributed by atoms with van der Waals surface area (Å²) in [6.45, 7) is 4.89. The molecular weight excluding hydrogens is 248 g/mol. The normalized spacial score (nSPS) is 12.4. The molecule has 18 heavy (non-hydrogen) atoms. The van der Waals surface area contributed by atoms with Crippen molar-refractivity contribution in [2.75, 3.05) is 13.2 Å². The maximum Gasteiger partial charge on any atom is 0.226 e. The maximum atomic E-state index is 11.7. The van der Waals surface area contributed by atoms with Gasteiger partial charge in [-0.3, -0.25) is 4.79 Å². The molecule has 1 atom stereocenters. The lowest BCUT2D eigenvalue weighted by molar-refractivity contribution is -0.120. The first-order valence-electron chi connectivity index (χ1n) is 6.44. The number of rotatable bonds is 8. The van der Waals surface area contributed by atoms with Crippen LogP contribution in [0.1, 0.15) is 36.9 Å². The zero-order valence-electron chi connectivity index (χ0n) is 11.1. The van der Waals surface area contributed by atoms with E-state index in [9.17, 15) is 4.79 Å². The van der Waals surface area contributed by atoms with Crippen LogP contribution in [0.15, 0.2) is 5.38 Å². The molecule has 1 heterocycles. The van der Waals surface area contributed by atoms with Gasteiger partial charge in [-0.25, -0.2) is 4.98 Å². The molecule has 1 rings (SSSR count). The maximum absolute atomic E-state index is 11.7. The minimum absolute atomic E-state index is 0.0133. The minimum Gasteiger partial charge on any atom is -0.396 e. The zero-order chi connectivity index (χ0) is 13.4. The Morgan fingerprint density at radius 2 is 2.33 bits per heavy atom. The summed E-state index contributed by atoms with van der Waals surface area (Å²) in [6.07, 6.45) is 3.22. The predicted molar refractivity (Wildman–Crippen MR) is 73.7 cm³/mol. The molecule has 1 amide bonds. The first-order valence-corrected chi connectivity index (χ1v) is 7.32. The van der Waals surface area contributed by atoms with Crippen LogP contribution in [0.25, 0.3) is 0 Å². The van der Waals surface area contributed by atoms with Crippen molar-refractivity contribution in [2.45, 2.75) is 39.5 Å². The number of aromatic nitrogens is 1. The molecule has 1 aromatic rings. The highest BCUT2D eigenvalue weighted by molar-refractivity contribution is 7.09. The van der Waals surface area contributed by atoms with Crippen molar-refractivity contribution in [1.82, 2.24) is 10.3 Å². The molecule has 0 aliphatic heterocycles. The van der Waals surface area contributed by atoms with Crippen molar-refractivity contribution >= 4 is 17.2 Å². The highest BCUT2D eigenvalue weighted by Gasteiger charge is 2.10. The lowest BCUT2D eigenvalue weighted by Gasteiger charge is -2.15. The summed E-state index contributed by atoms with van der Waals surface area (Å²) in [4.78, 5) is 16.0. The molecule has 0 saturated heterocycles. The Balaban J connectivity index is 2.30. The Bertz CT molecular complexity index is 360. The van der Waals surface area contributed by atoms with E-state index in [1.165, 1.54) is 0 Å². The lowest BCUT2D eigenvalue weighted by Crippen LogP contribution is -2.31. The summed E-state index contributed by atoms with van der Waals surface area (Å²) in [6, 6.07) is 0. The van der Waals surface area contributed by atoms with Gasteiger partial charge < -0.3 is 10.4 Å². The van der Waals surface area contributed by atoms with Gasteiger partial charge in [0.1, 0.15) is 0 Å². The van der Waals surface area contributed by atoms with Crippen LogP contribution in [0, 0.1) is 12.8 Å². The molecule has 0 aliphatic rings. The van der Waals surface area contributed by atoms with Crippen LogP contribution < -0.4 is 5.32 Å². The van der Waals surface area contributed by atoms with Crippen molar-refractivity contribution in [1.29, 1.82) is 0 Å². The Morgan fingerprint density at radius 1 is 1.56 bits per heavy atom. The summed E-state index contributed by atoms with van der Waals surface area (Å²) in [5, 5.41) is 14.8. The van der Waals surface area contributed by atoms with Gasteiger partial charge in [0, 0.05) is 18.5 Å². The van der Waals surface area contributed by atoms with E-state index in [0.717, 1.165) is 30.0 Å². The number of hydrogen-bond donors (Lipinski definition) is 2. The van der Waals surface area contributed by atoms with Gasteiger partial charge >= 0.3 is 0 Å². The largest absolute Gasteiger partial charge is 0.396 e. The number of carbonyl (C=O) groups is 1. The van der Waals surface area contributed by atoms with E-state index in [1.807, 2.05) is 12.3 Å². The van der Waals surface area contributed by atoms with Crippen molar-refractivity contribution in [3.63, 3.8) is 0 Å². The number of aliphatic hydroxyl groups is 1. The van der Waals surface area contributed by atoms with Gasteiger partial charge in [0.05, 0.1) is 17.1 Å². The van der Waals surface area contributed by atoms with E-state index in [1.54, 1.807) is 11.3 Å². The number of amides is 1. The molecule has 0 bridgehead atoms. The summed E-state index contributed by atoms with van der Waals surface area (Å²) in [5.74, 6) is 0.389. The first kappa shape index (κ1) is 15.1. The molecule has 1 aromatic heterocycles. The lowest BCUT2D eigenvalue weighted by atomic mass is 10.0. The van der Waals surface area contributed by atoms with Crippen LogP contribution in [0.5, 0.6) is 0 Å². The topological polar surface area (TPSA) is 62.2 Å². The molecule has 0 aromatic carbocycles. The minimum atomic E-state index is 0.0133. The van der Waals surface area contributed by atoms with Crippen LogP contribution in [0.4, 0.5) is 0 Å². The molecule has 102 valence electrons. The average molecular weight is 270 g/mol. The first-order chi connectivity index (χ1) is 8.65. The Hall–Kier alpha value is -0.940. The van der Waals surface area contributed by atoms with E-state index in [0.29, 0.717) is 18.9 Å². The number of thiazole rings is 1. The van der Waals surface area contributed by atoms with Gasteiger partial charge in [-0.1, -0.05) is 13.3 Å². The standard InChI is InChI=1S/C13H22N2O2S/c1-3-4-11(5-6-16)8-14-13(17)7-12-9-18-10(2)15-12/h9,11,16H,3-8H2,1-2H3,(H,14,17). The molecular formula is C13H22N2O2S. The fourth-order valence-electron chi connectivity index (χ4n) is 1.91.